The van der Waals surface area contributed by atoms with Gasteiger partial charge in [0, 0.05) is 13.2 Å². The maximum absolute atomic E-state index is 11.2. The molecule has 14 heavy (non-hydrogen) atoms. The monoisotopic (exact) mass is 198 g/mol. The standard InChI is InChI=1S/C8H10N2O4/c1-10-4-5(7(11)13-2)6(9-10)8(12)14-3/h4H,1-3H3. The first-order chi connectivity index (χ1) is 6.60. The first kappa shape index (κ1) is 10.2. The molecule has 6 heteroatoms. The number of nitrogens with zero attached hydrogens (tertiary/aromatic N) is 2. The van der Waals surface area contributed by atoms with Crippen LogP contribution in [0.2, 0.25) is 0 Å². The smallest absolute Gasteiger partial charge is 0.359 e. The maximum Gasteiger partial charge on any atom is 0.359 e. The molecule has 76 valence electrons. The van der Waals surface area contributed by atoms with Crippen molar-refractivity contribution < 1.29 is 19.1 Å². The van der Waals surface area contributed by atoms with Gasteiger partial charge in [-0.15, -0.1) is 0 Å². The lowest BCUT2D eigenvalue weighted by Gasteiger charge is -1.97. The van der Waals surface area contributed by atoms with Gasteiger partial charge in [0.25, 0.3) is 0 Å². The number of aryl methyl sites for hydroxylation is 1. The molecule has 0 aromatic carbocycles. The third kappa shape index (κ3) is 1.73. The number of carbonyl (C=O) groups is 2. The van der Waals surface area contributed by atoms with E-state index in [9.17, 15) is 9.59 Å². The summed E-state index contributed by atoms with van der Waals surface area (Å²) in [5.74, 6) is -1.27. The molecular formula is C8H10N2O4. The van der Waals surface area contributed by atoms with Gasteiger partial charge in [0.1, 0.15) is 5.56 Å². The number of rotatable bonds is 2. The van der Waals surface area contributed by atoms with E-state index in [-0.39, 0.29) is 11.3 Å². The summed E-state index contributed by atoms with van der Waals surface area (Å²) in [5.41, 5.74) is 0.0590. The van der Waals surface area contributed by atoms with Crippen LogP contribution in [0.4, 0.5) is 0 Å². The molecule has 0 atom stereocenters. The molecule has 0 aliphatic carbocycles. The lowest BCUT2D eigenvalue weighted by molar-refractivity contribution is 0.0552. The molecule has 0 bridgehead atoms. The van der Waals surface area contributed by atoms with Gasteiger partial charge < -0.3 is 9.47 Å². The minimum absolute atomic E-state index is 0.0400. The molecule has 0 fully saturated rings. The van der Waals surface area contributed by atoms with Crippen molar-refractivity contribution in [1.29, 1.82) is 0 Å². The average Bonchev–Trinajstić information content (AvgIpc) is 2.58. The Morgan fingerprint density at radius 3 is 2.36 bits per heavy atom. The number of hydrogen-bond acceptors (Lipinski definition) is 5. The Balaban J connectivity index is 3.15. The highest BCUT2D eigenvalue weighted by atomic mass is 16.5. The molecule has 0 spiro atoms. The zero-order chi connectivity index (χ0) is 10.7. The summed E-state index contributed by atoms with van der Waals surface area (Å²) in [6.07, 6.45) is 1.40. The average molecular weight is 198 g/mol. The van der Waals surface area contributed by atoms with Crippen LogP contribution in [-0.4, -0.2) is 35.9 Å². The number of carbonyl (C=O) groups excluding carboxylic acids is 2. The van der Waals surface area contributed by atoms with E-state index < -0.39 is 11.9 Å². The Bertz CT molecular complexity index is 336. The van der Waals surface area contributed by atoms with Gasteiger partial charge in [-0.1, -0.05) is 0 Å². The Morgan fingerprint density at radius 1 is 1.29 bits per heavy atom. The van der Waals surface area contributed by atoms with E-state index in [1.807, 2.05) is 0 Å². The number of methoxy groups -OCH3 is 2. The Morgan fingerprint density at radius 2 is 1.86 bits per heavy atom. The molecule has 1 aromatic rings. The van der Waals surface area contributed by atoms with Crippen molar-refractivity contribution in [2.75, 3.05) is 14.2 Å². The minimum Gasteiger partial charge on any atom is -0.465 e. The van der Waals surface area contributed by atoms with E-state index in [4.69, 9.17) is 0 Å². The number of hydrogen-bond donors (Lipinski definition) is 0. The normalized spacial score (nSPS) is 9.64. The third-order valence-corrected chi connectivity index (χ3v) is 1.61. The van der Waals surface area contributed by atoms with E-state index in [2.05, 4.69) is 14.6 Å². The van der Waals surface area contributed by atoms with Gasteiger partial charge in [0.15, 0.2) is 5.69 Å². The van der Waals surface area contributed by atoms with Crippen molar-refractivity contribution >= 4 is 11.9 Å². The van der Waals surface area contributed by atoms with Crippen LogP contribution in [0.25, 0.3) is 0 Å². The largest absolute Gasteiger partial charge is 0.465 e. The molecule has 0 aliphatic heterocycles. The van der Waals surface area contributed by atoms with Crippen molar-refractivity contribution in [1.82, 2.24) is 9.78 Å². The summed E-state index contributed by atoms with van der Waals surface area (Å²) < 4.78 is 10.3. The predicted molar refractivity (Wildman–Crippen MR) is 45.9 cm³/mol. The van der Waals surface area contributed by atoms with Crippen LogP contribution >= 0.6 is 0 Å². The second kappa shape index (κ2) is 3.91. The molecule has 1 rings (SSSR count). The van der Waals surface area contributed by atoms with E-state index in [0.717, 1.165) is 0 Å². The Labute approximate surface area is 80.4 Å². The fraction of sp³-hybridized carbons (Fsp3) is 0.375. The van der Waals surface area contributed by atoms with Gasteiger partial charge in [-0.3, -0.25) is 4.68 Å². The zero-order valence-electron chi connectivity index (χ0n) is 8.10. The first-order valence-corrected chi connectivity index (χ1v) is 3.80. The molecule has 0 radical (unpaired) electrons. The molecule has 1 aromatic heterocycles. The molecule has 0 aliphatic rings. The fourth-order valence-corrected chi connectivity index (χ4v) is 0.995. The number of aromatic nitrogens is 2. The van der Waals surface area contributed by atoms with Gasteiger partial charge in [0.05, 0.1) is 14.2 Å². The second-order valence-electron chi connectivity index (χ2n) is 2.55. The van der Waals surface area contributed by atoms with E-state index in [0.29, 0.717) is 0 Å². The lowest BCUT2D eigenvalue weighted by Crippen LogP contribution is -2.10. The van der Waals surface area contributed by atoms with Crippen molar-refractivity contribution in [2.24, 2.45) is 7.05 Å². The van der Waals surface area contributed by atoms with E-state index in [1.54, 1.807) is 7.05 Å². The van der Waals surface area contributed by atoms with Gasteiger partial charge in [-0.05, 0) is 0 Å². The van der Waals surface area contributed by atoms with Crippen molar-refractivity contribution in [3.05, 3.63) is 17.5 Å². The summed E-state index contributed by atoms with van der Waals surface area (Å²) in [4.78, 5) is 22.3. The minimum atomic E-state index is -0.661. The second-order valence-corrected chi connectivity index (χ2v) is 2.55. The van der Waals surface area contributed by atoms with Crippen LogP contribution < -0.4 is 0 Å². The van der Waals surface area contributed by atoms with Crippen LogP contribution in [0, 0.1) is 0 Å². The van der Waals surface area contributed by atoms with Crippen molar-refractivity contribution in [3.63, 3.8) is 0 Å². The van der Waals surface area contributed by atoms with Crippen LogP contribution in [0.1, 0.15) is 20.8 Å². The summed E-state index contributed by atoms with van der Waals surface area (Å²) in [6, 6.07) is 0. The van der Waals surface area contributed by atoms with E-state index >= 15 is 0 Å². The Kier molecular flexibility index (Phi) is 2.85. The lowest BCUT2D eigenvalue weighted by atomic mass is 10.2. The van der Waals surface area contributed by atoms with Crippen molar-refractivity contribution in [2.45, 2.75) is 0 Å². The van der Waals surface area contributed by atoms with Gasteiger partial charge in [-0.25, -0.2) is 9.59 Å². The number of esters is 2. The quantitative estimate of drug-likeness (QED) is 0.625. The molecule has 0 saturated heterocycles. The first-order valence-electron chi connectivity index (χ1n) is 3.80. The molecule has 6 nitrogen and oxygen atoms in total. The van der Waals surface area contributed by atoms with E-state index in [1.165, 1.54) is 25.1 Å². The molecular weight excluding hydrogens is 188 g/mol. The van der Waals surface area contributed by atoms with Crippen LogP contribution in [0.5, 0.6) is 0 Å². The molecule has 0 amide bonds. The Hall–Kier alpha value is -1.85. The predicted octanol–water partition coefficient (Wildman–Crippen LogP) is -0.00670. The fourth-order valence-electron chi connectivity index (χ4n) is 0.995. The maximum atomic E-state index is 11.2. The highest BCUT2D eigenvalue weighted by Gasteiger charge is 2.22. The molecule has 0 N–H and O–H groups in total. The molecule has 0 saturated carbocycles. The van der Waals surface area contributed by atoms with Crippen LogP contribution in [0.3, 0.4) is 0 Å². The van der Waals surface area contributed by atoms with Crippen molar-refractivity contribution in [3.8, 4) is 0 Å². The summed E-state index contributed by atoms with van der Waals surface area (Å²) in [7, 11) is 4.05. The highest BCUT2D eigenvalue weighted by Crippen LogP contribution is 2.08. The topological polar surface area (TPSA) is 70.4 Å². The zero-order valence-corrected chi connectivity index (χ0v) is 8.10. The summed E-state index contributed by atoms with van der Waals surface area (Å²) in [5, 5.41) is 3.79. The molecule has 0 unspecified atom stereocenters. The summed E-state index contributed by atoms with van der Waals surface area (Å²) >= 11 is 0. The van der Waals surface area contributed by atoms with Gasteiger partial charge >= 0.3 is 11.9 Å². The SMILES string of the molecule is COC(=O)c1cn(C)nc1C(=O)OC. The third-order valence-electron chi connectivity index (χ3n) is 1.61. The summed E-state index contributed by atoms with van der Waals surface area (Å²) in [6.45, 7) is 0. The van der Waals surface area contributed by atoms with Gasteiger partial charge in [-0.2, -0.15) is 5.10 Å². The molecule has 1 heterocycles. The van der Waals surface area contributed by atoms with Gasteiger partial charge in [0.2, 0.25) is 0 Å². The number of ether oxygens (including phenoxy) is 2. The van der Waals surface area contributed by atoms with Crippen LogP contribution in [0.15, 0.2) is 6.20 Å². The van der Waals surface area contributed by atoms with Crippen LogP contribution in [-0.2, 0) is 16.5 Å². The highest BCUT2D eigenvalue weighted by molar-refractivity contribution is 6.01.